The van der Waals surface area contributed by atoms with Crippen molar-refractivity contribution in [1.82, 2.24) is 0 Å². The van der Waals surface area contributed by atoms with E-state index in [-0.39, 0.29) is 11.1 Å². The average Bonchev–Trinajstić information content (AvgIpc) is 3.70. The van der Waals surface area contributed by atoms with E-state index in [1.165, 1.54) is 0 Å². The maximum atomic E-state index is 12.5. The molecule has 0 radical (unpaired) electrons. The normalized spacial score (nSPS) is 11.9. The van der Waals surface area contributed by atoms with Crippen molar-refractivity contribution in [2.45, 2.75) is 0 Å². The van der Waals surface area contributed by atoms with Gasteiger partial charge in [-0.25, -0.2) is 0 Å². The van der Waals surface area contributed by atoms with Crippen LogP contribution in [0.2, 0.25) is 0 Å². The van der Waals surface area contributed by atoms with Crippen LogP contribution in [0.4, 0.5) is 0 Å². The Kier molecular flexibility index (Phi) is 7.70. The number of hydrogen-bond acceptors (Lipinski definition) is 13. The molecule has 0 aliphatic rings. The Hall–Kier alpha value is -9.04. The smallest absolute Gasteiger partial charge is 0.205 e. The highest BCUT2D eigenvalue weighted by molar-refractivity contribution is 6.38. The Balaban J connectivity index is 1.35. The van der Waals surface area contributed by atoms with Crippen molar-refractivity contribution in [1.29, 1.82) is 0 Å². The molecule has 312 valence electrons. The SMILES string of the molecule is Bc1c(O)c(O)c(O)c(-c2c(O)c(O)c3c(-c4c5ccccc5c(-c5cccc6oc7c8ccccc8ccc7c56)c5ccccc45)c(O)c4c(O)c(O)c(O)c(O)c4c3c2O)c1O. The van der Waals surface area contributed by atoms with Crippen molar-refractivity contribution in [2.24, 2.45) is 0 Å². The van der Waals surface area contributed by atoms with E-state index in [0.29, 0.717) is 32.7 Å². The van der Waals surface area contributed by atoms with Crippen LogP contribution >= 0.6 is 0 Å². The summed E-state index contributed by atoms with van der Waals surface area (Å²) in [4.78, 5) is 0. The minimum atomic E-state index is -1.29. The first-order valence-corrected chi connectivity index (χ1v) is 19.7. The van der Waals surface area contributed by atoms with E-state index >= 15 is 0 Å². The number of benzene rings is 10. The van der Waals surface area contributed by atoms with Crippen LogP contribution in [0, 0.1) is 0 Å². The van der Waals surface area contributed by atoms with Crippen molar-refractivity contribution >= 4 is 89.1 Å². The summed E-state index contributed by atoms with van der Waals surface area (Å²) in [5.74, 6) is -13.5. The van der Waals surface area contributed by atoms with Crippen LogP contribution in [0.1, 0.15) is 0 Å². The highest BCUT2D eigenvalue weighted by atomic mass is 16.4. The van der Waals surface area contributed by atoms with E-state index in [1.807, 2.05) is 78.9 Å². The summed E-state index contributed by atoms with van der Waals surface area (Å²) in [5, 5.41) is 140. The van der Waals surface area contributed by atoms with Gasteiger partial charge in [-0.15, -0.1) is 0 Å². The van der Waals surface area contributed by atoms with E-state index in [1.54, 1.807) is 24.3 Å². The third-order valence-corrected chi connectivity index (χ3v) is 12.5. The standard InChI is InChI=1S/C50H31BO13/c51-37-40(54)36(45(59)47(61)46(37)60)35-39(53)31-32(41(55)43(35)57)30(38(52)34-33(31)42(56)48(62)49(63)44(34)58)29-22-12-5-3-10-20(22)27(21-11-4-6-13-23(21)29)24-14-7-15-26-28(24)25-17-16-18-8-1-2-9-19(18)50(25)64-26/h1-17,52-63H,51H2. The molecule has 0 aliphatic heterocycles. The lowest BCUT2D eigenvalue weighted by molar-refractivity contribution is 0.350. The summed E-state index contributed by atoms with van der Waals surface area (Å²) in [6.07, 6.45) is 0. The highest BCUT2D eigenvalue weighted by Gasteiger charge is 2.36. The van der Waals surface area contributed by atoms with Crippen LogP contribution in [-0.4, -0.2) is 69.1 Å². The van der Waals surface area contributed by atoms with Gasteiger partial charge in [0.1, 0.15) is 36.3 Å². The number of furan rings is 1. The van der Waals surface area contributed by atoms with E-state index in [0.717, 1.165) is 40.5 Å². The Labute approximate surface area is 359 Å². The quantitative estimate of drug-likeness (QED) is 0.0261. The molecule has 1 heterocycles. The molecule has 0 saturated carbocycles. The summed E-state index contributed by atoms with van der Waals surface area (Å²) in [6.45, 7) is 0. The molecule has 1 aromatic heterocycles. The summed E-state index contributed by atoms with van der Waals surface area (Å²) in [6, 6.07) is 31.9. The van der Waals surface area contributed by atoms with Gasteiger partial charge in [0.25, 0.3) is 0 Å². The number of hydrogen-bond donors (Lipinski definition) is 12. The van der Waals surface area contributed by atoms with Gasteiger partial charge in [-0.05, 0) is 55.7 Å². The maximum absolute atomic E-state index is 12.5. The van der Waals surface area contributed by atoms with Gasteiger partial charge in [0, 0.05) is 43.4 Å². The van der Waals surface area contributed by atoms with E-state index in [9.17, 15) is 61.3 Å². The Morgan fingerprint density at radius 3 is 1.42 bits per heavy atom. The van der Waals surface area contributed by atoms with Crippen LogP contribution < -0.4 is 5.46 Å². The van der Waals surface area contributed by atoms with Gasteiger partial charge in [-0.2, -0.15) is 0 Å². The zero-order chi connectivity index (χ0) is 44.8. The monoisotopic (exact) mass is 850 g/mol. The van der Waals surface area contributed by atoms with Gasteiger partial charge in [-0.3, -0.25) is 0 Å². The number of fused-ring (bicyclic) bond motifs is 10. The predicted molar refractivity (Wildman–Crippen MR) is 246 cm³/mol. The van der Waals surface area contributed by atoms with Crippen LogP contribution in [0.5, 0.6) is 69.0 Å². The van der Waals surface area contributed by atoms with Crippen molar-refractivity contribution < 1.29 is 65.7 Å². The molecule has 0 spiro atoms. The van der Waals surface area contributed by atoms with Gasteiger partial charge in [0.05, 0.1) is 16.5 Å². The molecule has 0 unspecified atom stereocenters. The molecule has 0 bridgehead atoms. The minimum absolute atomic E-state index is 0.173. The second kappa shape index (κ2) is 13.0. The zero-order valence-electron chi connectivity index (χ0n) is 33.1. The minimum Gasteiger partial charge on any atom is -0.508 e. The second-order valence-electron chi connectivity index (χ2n) is 15.7. The van der Waals surface area contributed by atoms with Gasteiger partial charge in [0.15, 0.2) is 34.5 Å². The largest absolute Gasteiger partial charge is 0.508 e. The first-order chi connectivity index (χ1) is 30.7. The predicted octanol–water partition coefficient (Wildman–Crippen LogP) is 9.08. The van der Waals surface area contributed by atoms with E-state index < -0.39 is 107 Å². The first kappa shape index (κ1) is 37.9. The lowest BCUT2D eigenvalue weighted by Crippen LogP contribution is -2.06. The van der Waals surface area contributed by atoms with Gasteiger partial charge in [0.2, 0.25) is 17.2 Å². The van der Waals surface area contributed by atoms with Crippen molar-refractivity contribution in [2.75, 3.05) is 0 Å². The Bertz CT molecular complexity index is 3860. The second-order valence-corrected chi connectivity index (χ2v) is 15.7. The molecule has 0 saturated heterocycles. The fourth-order valence-corrected chi connectivity index (χ4v) is 9.60. The third kappa shape index (κ3) is 4.67. The van der Waals surface area contributed by atoms with Crippen LogP contribution in [-0.2, 0) is 0 Å². The lowest BCUT2D eigenvalue weighted by atomic mass is 9.81. The van der Waals surface area contributed by atoms with Gasteiger partial charge < -0.3 is 65.7 Å². The molecule has 0 aliphatic carbocycles. The zero-order valence-corrected chi connectivity index (χ0v) is 33.1. The number of phenols is 12. The van der Waals surface area contributed by atoms with Gasteiger partial charge >= 0.3 is 0 Å². The summed E-state index contributed by atoms with van der Waals surface area (Å²) in [5.41, 5.74) is 0.478. The maximum Gasteiger partial charge on any atom is 0.205 e. The topological polar surface area (TPSA) is 256 Å². The van der Waals surface area contributed by atoms with Gasteiger partial charge in [-0.1, -0.05) is 91.0 Å². The number of aromatic hydroxyl groups is 12. The summed E-state index contributed by atoms with van der Waals surface area (Å²) in [7, 11) is 1.15. The number of rotatable bonds is 3. The van der Waals surface area contributed by atoms with Crippen molar-refractivity contribution in [3.63, 3.8) is 0 Å². The van der Waals surface area contributed by atoms with Crippen molar-refractivity contribution in [3.8, 4) is 102 Å². The van der Waals surface area contributed by atoms with Crippen LogP contribution in [0.15, 0.2) is 108 Å². The molecule has 14 heteroatoms. The lowest BCUT2D eigenvalue weighted by Gasteiger charge is -2.24. The molecule has 10 aromatic carbocycles. The fraction of sp³-hybridized carbons (Fsp3) is 0. The molecule has 12 N–H and O–H groups in total. The van der Waals surface area contributed by atoms with E-state index in [4.69, 9.17) is 4.42 Å². The molecule has 11 rings (SSSR count). The molecule has 0 fully saturated rings. The third-order valence-electron chi connectivity index (χ3n) is 12.5. The molecule has 11 aromatic rings. The molecular weight excluding hydrogens is 819 g/mol. The fourth-order valence-electron chi connectivity index (χ4n) is 9.60. The van der Waals surface area contributed by atoms with Crippen LogP contribution in [0.25, 0.3) is 109 Å². The summed E-state index contributed by atoms with van der Waals surface area (Å²) >= 11 is 0. The Morgan fingerprint density at radius 1 is 0.297 bits per heavy atom. The average molecular weight is 851 g/mol. The molecule has 0 amide bonds. The summed E-state index contributed by atoms with van der Waals surface area (Å²) < 4.78 is 6.55. The molecule has 13 nitrogen and oxygen atoms in total. The van der Waals surface area contributed by atoms with Crippen LogP contribution in [0.3, 0.4) is 0 Å². The highest BCUT2D eigenvalue weighted by Crippen LogP contribution is 2.64. The number of phenolic OH excluding ortho intramolecular Hbond substituents is 12. The Morgan fingerprint density at radius 2 is 0.781 bits per heavy atom. The first-order valence-electron chi connectivity index (χ1n) is 19.7. The van der Waals surface area contributed by atoms with E-state index in [2.05, 4.69) is 0 Å². The molecular formula is C50H31BO13. The molecule has 64 heavy (non-hydrogen) atoms. The van der Waals surface area contributed by atoms with Crippen molar-refractivity contribution in [3.05, 3.63) is 103 Å². The molecule has 0 atom stereocenters.